The van der Waals surface area contributed by atoms with Crippen LogP contribution in [0, 0.1) is 11.3 Å². The summed E-state index contributed by atoms with van der Waals surface area (Å²) in [4.78, 5) is 26.6. The number of carbonyl (C=O) groups is 2. The first-order chi connectivity index (χ1) is 11.7. The van der Waals surface area contributed by atoms with E-state index in [1.165, 1.54) is 6.42 Å². The van der Waals surface area contributed by atoms with Crippen molar-refractivity contribution >= 4 is 23.3 Å². The lowest BCUT2D eigenvalue weighted by Gasteiger charge is -2.37. The molecule has 24 heavy (non-hydrogen) atoms. The molecule has 6 heteroatoms. The highest BCUT2D eigenvalue weighted by Crippen LogP contribution is 2.44. The van der Waals surface area contributed by atoms with Crippen LogP contribution in [0.1, 0.15) is 25.7 Å². The van der Waals surface area contributed by atoms with Gasteiger partial charge in [-0.3, -0.25) is 9.69 Å². The van der Waals surface area contributed by atoms with Crippen molar-refractivity contribution in [1.29, 1.82) is 0 Å². The van der Waals surface area contributed by atoms with Gasteiger partial charge in [-0.15, -0.1) is 0 Å². The molecule has 3 amide bonds. The average Bonchev–Trinajstić information content (AvgIpc) is 3.21. The summed E-state index contributed by atoms with van der Waals surface area (Å²) in [7, 11) is 0. The van der Waals surface area contributed by atoms with Crippen molar-refractivity contribution in [3.05, 3.63) is 24.3 Å². The standard InChI is InChI=1S/C18H24N4O2/c23-16(18-7-2-1-4-13(18)11-19-12-18)21-14-5-3-6-15(10-14)22-9-8-20-17(22)24/h3,5-6,10,13,19H,1-2,4,7-9,11-12H2,(H,20,24)(H,21,23)/t13-,18+/m0/s1. The Balaban J connectivity index is 1.53. The Labute approximate surface area is 142 Å². The molecule has 2 atom stereocenters. The normalized spacial score (nSPS) is 29.2. The molecule has 0 radical (unpaired) electrons. The van der Waals surface area contributed by atoms with Gasteiger partial charge in [-0.1, -0.05) is 18.9 Å². The number of rotatable bonds is 3. The van der Waals surface area contributed by atoms with Gasteiger partial charge in [-0.05, 0) is 43.5 Å². The molecule has 2 aliphatic heterocycles. The highest BCUT2D eigenvalue weighted by atomic mass is 16.2. The van der Waals surface area contributed by atoms with Crippen LogP contribution in [-0.2, 0) is 4.79 Å². The quantitative estimate of drug-likeness (QED) is 0.794. The van der Waals surface area contributed by atoms with Crippen LogP contribution in [0.25, 0.3) is 0 Å². The molecule has 3 fully saturated rings. The maximum absolute atomic E-state index is 13.0. The number of nitrogens with zero attached hydrogens (tertiary/aromatic N) is 1. The van der Waals surface area contributed by atoms with Crippen LogP contribution in [-0.4, -0.2) is 38.1 Å². The first-order valence-corrected chi connectivity index (χ1v) is 8.87. The molecule has 3 aliphatic rings. The van der Waals surface area contributed by atoms with Crippen molar-refractivity contribution in [2.75, 3.05) is 36.4 Å². The van der Waals surface area contributed by atoms with Gasteiger partial charge in [0.15, 0.2) is 0 Å². The molecule has 1 aromatic rings. The van der Waals surface area contributed by atoms with Crippen LogP contribution < -0.4 is 20.9 Å². The molecule has 1 aromatic carbocycles. The summed E-state index contributed by atoms with van der Waals surface area (Å²) in [6.07, 6.45) is 4.44. The van der Waals surface area contributed by atoms with E-state index in [0.29, 0.717) is 19.0 Å². The molecule has 128 valence electrons. The van der Waals surface area contributed by atoms with Gasteiger partial charge in [-0.25, -0.2) is 4.79 Å². The SMILES string of the molecule is O=C1NCCN1c1cccc(NC(=O)[C@@]23CCCC[C@H]2CNC3)c1. The van der Waals surface area contributed by atoms with Crippen LogP contribution in [0.2, 0.25) is 0 Å². The number of urea groups is 1. The van der Waals surface area contributed by atoms with Gasteiger partial charge in [0.05, 0.1) is 5.41 Å². The third-order valence-electron chi connectivity index (χ3n) is 5.76. The molecule has 1 aliphatic carbocycles. The number of hydrogen-bond acceptors (Lipinski definition) is 3. The zero-order chi connectivity index (χ0) is 16.6. The minimum Gasteiger partial charge on any atom is -0.336 e. The number of nitrogens with one attached hydrogen (secondary N) is 3. The summed E-state index contributed by atoms with van der Waals surface area (Å²) in [5.74, 6) is 0.569. The van der Waals surface area contributed by atoms with Crippen LogP contribution in [0.15, 0.2) is 24.3 Å². The van der Waals surface area contributed by atoms with E-state index in [-0.39, 0.29) is 17.4 Å². The third-order valence-corrected chi connectivity index (χ3v) is 5.76. The summed E-state index contributed by atoms with van der Waals surface area (Å²) in [6.45, 7) is 3.04. The Hall–Kier alpha value is -2.08. The van der Waals surface area contributed by atoms with Crippen LogP contribution in [0.3, 0.4) is 0 Å². The van der Waals surface area contributed by atoms with Crippen molar-refractivity contribution in [2.45, 2.75) is 25.7 Å². The van der Waals surface area contributed by atoms with E-state index in [2.05, 4.69) is 16.0 Å². The first kappa shape index (κ1) is 15.4. The number of anilines is 2. The lowest BCUT2D eigenvalue weighted by Crippen LogP contribution is -2.44. The Morgan fingerprint density at radius 1 is 1.33 bits per heavy atom. The van der Waals surface area contributed by atoms with Gasteiger partial charge in [-0.2, -0.15) is 0 Å². The van der Waals surface area contributed by atoms with E-state index < -0.39 is 0 Å². The first-order valence-electron chi connectivity index (χ1n) is 8.87. The molecule has 0 spiro atoms. The van der Waals surface area contributed by atoms with Gasteiger partial charge in [0, 0.05) is 31.0 Å². The number of hydrogen-bond donors (Lipinski definition) is 3. The topological polar surface area (TPSA) is 73.5 Å². The molecule has 0 aromatic heterocycles. The minimum absolute atomic E-state index is 0.0793. The van der Waals surface area contributed by atoms with E-state index in [1.807, 2.05) is 24.3 Å². The summed E-state index contributed by atoms with van der Waals surface area (Å²) in [6, 6.07) is 7.49. The molecule has 3 N–H and O–H groups in total. The molecule has 2 saturated heterocycles. The highest BCUT2D eigenvalue weighted by molar-refractivity contribution is 5.98. The monoisotopic (exact) mass is 328 g/mol. The molecular weight excluding hydrogens is 304 g/mol. The maximum atomic E-state index is 13.0. The Kier molecular flexibility index (Phi) is 3.92. The van der Waals surface area contributed by atoms with Crippen molar-refractivity contribution in [2.24, 2.45) is 11.3 Å². The number of fused-ring (bicyclic) bond motifs is 1. The predicted molar refractivity (Wildman–Crippen MR) is 93.1 cm³/mol. The molecule has 0 unspecified atom stereocenters. The Morgan fingerprint density at radius 2 is 2.25 bits per heavy atom. The van der Waals surface area contributed by atoms with Gasteiger partial charge < -0.3 is 16.0 Å². The minimum atomic E-state index is -0.265. The Bertz CT molecular complexity index is 662. The second kappa shape index (κ2) is 6.09. The second-order valence-electron chi connectivity index (χ2n) is 7.12. The molecule has 2 heterocycles. The van der Waals surface area contributed by atoms with Crippen molar-refractivity contribution < 1.29 is 9.59 Å². The number of amides is 3. The lowest BCUT2D eigenvalue weighted by atomic mass is 9.67. The predicted octanol–water partition coefficient (Wildman–Crippen LogP) is 1.93. The highest BCUT2D eigenvalue weighted by Gasteiger charge is 2.49. The molecule has 4 rings (SSSR count). The van der Waals surface area contributed by atoms with Gasteiger partial charge in [0.2, 0.25) is 5.91 Å². The number of benzene rings is 1. The Morgan fingerprint density at radius 3 is 3.08 bits per heavy atom. The summed E-state index contributed by atoms with van der Waals surface area (Å²) in [5.41, 5.74) is 1.33. The second-order valence-corrected chi connectivity index (χ2v) is 7.12. The molecular formula is C18H24N4O2. The smallest absolute Gasteiger partial charge is 0.321 e. The average molecular weight is 328 g/mol. The summed E-state index contributed by atoms with van der Waals surface area (Å²) < 4.78 is 0. The third kappa shape index (κ3) is 2.55. The van der Waals surface area contributed by atoms with E-state index in [9.17, 15) is 9.59 Å². The van der Waals surface area contributed by atoms with Gasteiger partial charge in [0.25, 0.3) is 0 Å². The van der Waals surface area contributed by atoms with Crippen LogP contribution in [0.5, 0.6) is 0 Å². The van der Waals surface area contributed by atoms with Crippen LogP contribution >= 0.6 is 0 Å². The summed E-state index contributed by atoms with van der Waals surface area (Å²) >= 11 is 0. The van der Waals surface area contributed by atoms with Gasteiger partial charge in [0.1, 0.15) is 0 Å². The molecule has 6 nitrogen and oxygen atoms in total. The zero-order valence-electron chi connectivity index (χ0n) is 13.8. The maximum Gasteiger partial charge on any atom is 0.321 e. The fourth-order valence-corrected chi connectivity index (χ4v) is 4.42. The fraction of sp³-hybridized carbons (Fsp3) is 0.556. The molecule has 0 bridgehead atoms. The zero-order valence-corrected chi connectivity index (χ0v) is 13.8. The largest absolute Gasteiger partial charge is 0.336 e. The fourth-order valence-electron chi connectivity index (χ4n) is 4.42. The number of carbonyl (C=O) groups excluding carboxylic acids is 2. The van der Waals surface area contributed by atoms with E-state index in [4.69, 9.17) is 0 Å². The summed E-state index contributed by atoms with van der Waals surface area (Å²) in [5, 5.41) is 9.33. The van der Waals surface area contributed by atoms with Crippen LogP contribution in [0.4, 0.5) is 16.2 Å². The van der Waals surface area contributed by atoms with E-state index >= 15 is 0 Å². The van der Waals surface area contributed by atoms with E-state index in [0.717, 1.165) is 43.7 Å². The lowest BCUT2D eigenvalue weighted by molar-refractivity contribution is -0.128. The van der Waals surface area contributed by atoms with Gasteiger partial charge >= 0.3 is 6.03 Å². The van der Waals surface area contributed by atoms with E-state index in [1.54, 1.807) is 4.90 Å². The van der Waals surface area contributed by atoms with Crippen molar-refractivity contribution in [1.82, 2.24) is 10.6 Å². The molecule has 1 saturated carbocycles. The van der Waals surface area contributed by atoms with Crippen molar-refractivity contribution in [3.8, 4) is 0 Å². The van der Waals surface area contributed by atoms with Crippen molar-refractivity contribution in [3.63, 3.8) is 0 Å².